The lowest BCUT2D eigenvalue weighted by Crippen LogP contribution is -2.40. The van der Waals surface area contributed by atoms with Crippen molar-refractivity contribution in [3.8, 4) is 5.75 Å². The first kappa shape index (κ1) is 24.7. The molecule has 0 fully saturated rings. The van der Waals surface area contributed by atoms with Crippen LogP contribution >= 0.6 is 11.8 Å². The summed E-state index contributed by atoms with van der Waals surface area (Å²) in [6.07, 6.45) is 1.92. The molecule has 0 spiro atoms. The molecule has 1 amide bonds. The van der Waals surface area contributed by atoms with Gasteiger partial charge in [0.2, 0.25) is 5.91 Å². The Hall–Kier alpha value is -2.97. The van der Waals surface area contributed by atoms with Crippen molar-refractivity contribution in [2.75, 3.05) is 23.7 Å². The molecule has 0 aliphatic heterocycles. The first-order valence-corrected chi connectivity index (χ1v) is 13.2. The first-order valence-electron chi connectivity index (χ1n) is 10.6. The van der Waals surface area contributed by atoms with E-state index in [1.807, 2.05) is 44.4 Å². The topological polar surface area (TPSA) is 75.7 Å². The molecule has 0 aliphatic rings. The molecule has 33 heavy (non-hydrogen) atoms. The summed E-state index contributed by atoms with van der Waals surface area (Å²) >= 11 is 1.53. The number of aryl methyl sites for hydroxylation is 1. The standard InChI is InChI=1S/C25H28N2O4S2/c1-4-31-24-11-6-5-10-23(24)27(33(29,30)22-14-12-21(32-3)13-15-22)18-25(28)26-17-20-9-7-8-19(2)16-20/h5-16H,4,17-18H2,1-3H3,(H,26,28). The van der Waals surface area contributed by atoms with E-state index >= 15 is 0 Å². The van der Waals surface area contributed by atoms with Gasteiger partial charge in [0.1, 0.15) is 12.3 Å². The predicted octanol–water partition coefficient (Wildman–Crippen LogP) is 4.63. The average molecular weight is 485 g/mol. The van der Waals surface area contributed by atoms with Gasteiger partial charge in [-0.15, -0.1) is 11.8 Å². The van der Waals surface area contributed by atoms with Crippen molar-refractivity contribution in [3.05, 3.63) is 83.9 Å². The molecule has 3 rings (SSSR count). The van der Waals surface area contributed by atoms with Gasteiger partial charge in [0.25, 0.3) is 10.0 Å². The zero-order chi connectivity index (χ0) is 23.8. The number of benzene rings is 3. The molecule has 0 aromatic heterocycles. The number of carbonyl (C=O) groups is 1. The summed E-state index contributed by atoms with van der Waals surface area (Å²) in [4.78, 5) is 13.9. The minimum absolute atomic E-state index is 0.109. The Balaban J connectivity index is 1.92. The van der Waals surface area contributed by atoms with Crippen molar-refractivity contribution in [2.24, 2.45) is 0 Å². The van der Waals surface area contributed by atoms with Gasteiger partial charge in [-0.3, -0.25) is 9.10 Å². The number of rotatable bonds is 10. The Bertz CT molecular complexity index is 1200. The van der Waals surface area contributed by atoms with Gasteiger partial charge in [-0.05, 0) is 62.1 Å². The number of thioether (sulfide) groups is 1. The van der Waals surface area contributed by atoms with E-state index in [1.165, 1.54) is 11.8 Å². The third kappa shape index (κ3) is 6.30. The summed E-state index contributed by atoms with van der Waals surface area (Å²) in [6, 6.07) is 21.2. The van der Waals surface area contributed by atoms with E-state index < -0.39 is 15.9 Å². The van der Waals surface area contributed by atoms with Gasteiger partial charge in [0.15, 0.2) is 0 Å². The van der Waals surface area contributed by atoms with Crippen LogP contribution in [0.15, 0.2) is 82.6 Å². The van der Waals surface area contributed by atoms with Gasteiger partial charge in [0, 0.05) is 11.4 Å². The lowest BCUT2D eigenvalue weighted by molar-refractivity contribution is -0.119. The number of sulfonamides is 1. The fourth-order valence-corrected chi connectivity index (χ4v) is 5.16. The molecule has 0 aliphatic carbocycles. The Morgan fingerprint density at radius 2 is 1.76 bits per heavy atom. The summed E-state index contributed by atoms with van der Waals surface area (Å²) in [5, 5.41) is 2.83. The normalized spacial score (nSPS) is 11.1. The summed E-state index contributed by atoms with van der Waals surface area (Å²) < 4.78 is 34.0. The number of ether oxygens (including phenoxy) is 1. The molecule has 174 valence electrons. The SMILES string of the molecule is CCOc1ccccc1N(CC(=O)NCc1cccc(C)c1)S(=O)(=O)c1ccc(SC)cc1. The van der Waals surface area contributed by atoms with Crippen molar-refractivity contribution in [3.63, 3.8) is 0 Å². The number of amides is 1. The monoisotopic (exact) mass is 484 g/mol. The molecule has 3 aromatic rings. The van der Waals surface area contributed by atoms with Crippen molar-refractivity contribution in [2.45, 2.75) is 30.2 Å². The zero-order valence-corrected chi connectivity index (χ0v) is 20.6. The van der Waals surface area contributed by atoms with Crippen LogP contribution in [0.4, 0.5) is 5.69 Å². The number of hydrogen-bond donors (Lipinski definition) is 1. The number of para-hydroxylation sites is 2. The molecular weight excluding hydrogens is 456 g/mol. The van der Waals surface area contributed by atoms with Crippen LogP contribution in [0.5, 0.6) is 5.75 Å². The molecule has 8 heteroatoms. The van der Waals surface area contributed by atoms with Crippen LogP contribution in [0.3, 0.4) is 0 Å². The highest BCUT2D eigenvalue weighted by Crippen LogP contribution is 2.32. The molecule has 0 atom stereocenters. The van der Waals surface area contributed by atoms with Crippen LogP contribution in [0.25, 0.3) is 0 Å². The minimum atomic E-state index is -4.02. The first-order chi connectivity index (χ1) is 15.8. The number of anilines is 1. The maximum Gasteiger partial charge on any atom is 0.264 e. The fourth-order valence-electron chi connectivity index (χ4n) is 3.32. The zero-order valence-electron chi connectivity index (χ0n) is 18.9. The number of carbonyl (C=O) groups excluding carboxylic acids is 1. The van der Waals surface area contributed by atoms with Gasteiger partial charge in [-0.2, -0.15) is 0 Å². The molecule has 0 unspecified atom stereocenters. The smallest absolute Gasteiger partial charge is 0.264 e. The summed E-state index contributed by atoms with van der Waals surface area (Å²) in [7, 11) is -4.02. The van der Waals surface area contributed by atoms with Crippen LogP contribution in [-0.2, 0) is 21.4 Å². The quantitative estimate of drug-likeness (QED) is 0.425. The van der Waals surface area contributed by atoms with Crippen LogP contribution in [0.2, 0.25) is 0 Å². The van der Waals surface area contributed by atoms with E-state index in [0.717, 1.165) is 20.3 Å². The Kier molecular flexibility index (Phi) is 8.41. The van der Waals surface area contributed by atoms with E-state index in [0.29, 0.717) is 24.6 Å². The van der Waals surface area contributed by atoms with Gasteiger partial charge < -0.3 is 10.1 Å². The largest absolute Gasteiger partial charge is 0.492 e. The van der Waals surface area contributed by atoms with Gasteiger partial charge in [-0.25, -0.2) is 8.42 Å². The molecule has 0 heterocycles. The molecule has 0 bridgehead atoms. The van der Waals surface area contributed by atoms with Crippen molar-refractivity contribution < 1.29 is 17.9 Å². The molecule has 0 saturated carbocycles. The van der Waals surface area contributed by atoms with Crippen LogP contribution in [-0.4, -0.2) is 33.7 Å². The van der Waals surface area contributed by atoms with Crippen molar-refractivity contribution in [1.82, 2.24) is 5.32 Å². The predicted molar refractivity (Wildman–Crippen MR) is 133 cm³/mol. The summed E-state index contributed by atoms with van der Waals surface area (Å²) in [5.74, 6) is -0.0112. The molecule has 0 saturated heterocycles. The van der Waals surface area contributed by atoms with E-state index in [1.54, 1.807) is 48.5 Å². The lowest BCUT2D eigenvalue weighted by atomic mass is 10.1. The van der Waals surface area contributed by atoms with E-state index in [4.69, 9.17) is 4.74 Å². The molecule has 0 radical (unpaired) electrons. The minimum Gasteiger partial charge on any atom is -0.492 e. The third-order valence-electron chi connectivity index (χ3n) is 4.94. The van der Waals surface area contributed by atoms with Gasteiger partial charge in [0.05, 0.1) is 17.2 Å². The Morgan fingerprint density at radius 3 is 2.42 bits per heavy atom. The highest BCUT2D eigenvalue weighted by atomic mass is 32.2. The second kappa shape index (κ2) is 11.2. The van der Waals surface area contributed by atoms with Crippen LogP contribution in [0, 0.1) is 6.92 Å². The van der Waals surface area contributed by atoms with Crippen molar-refractivity contribution >= 4 is 33.4 Å². The molecule has 3 aromatic carbocycles. The van der Waals surface area contributed by atoms with Gasteiger partial charge in [-0.1, -0.05) is 42.0 Å². The highest BCUT2D eigenvalue weighted by Gasteiger charge is 2.29. The van der Waals surface area contributed by atoms with E-state index in [-0.39, 0.29) is 11.4 Å². The number of hydrogen-bond acceptors (Lipinski definition) is 5. The van der Waals surface area contributed by atoms with E-state index in [2.05, 4.69) is 5.32 Å². The van der Waals surface area contributed by atoms with Crippen molar-refractivity contribution in [1.29, 1.82) is 0 Å². The Morgan fingerprint density at radius 1 is 1.03 bits per heavy atom. The average Bonchev–Trinajstić information content (AvgIpc) is 2.82. The third-order valence-corrected chi connectivity index (χ3v) is 7.46. The van der Waals surface area contributed by atoms with Crippen LogP contribution < -0.4 is 14.4 Å². The highest BCUT2D eigenvalue weighted by molar-refractivity contribution is 7.98. The fraction of sp³-hybridized carbons (Fsp3) is 0.240. The lowest BCUT2D eigenvalue weighted by Gasteiger charge is -2.26. The van der Waals surface area contributed by atoms with E-state index in [9.17, 15) is 13.2 Å². The summed E-state index contributed by atoms with van der Waals surface area (Å²) in [5.41, 5.74) is 2.35. The molecule has 6 nitrogen and oxygen atoms in total. The number of nitrogens with zero attached hydrogens (tertiary/aromatic N) is 1. The molecular formula is C25H28N2O4S2. The second-order valence-electron chi connectivity index (χ2n) is 7.35. The van der Waals surface area contributed by atoms with Crippen LogP contribution in [0.1, 0.15) is 18.1 Å². The maximum atomic E-state index is 13.6. The maximum absolute atomic E-state index is 13.6. The summed E-state index contributed by atoms with van der Waals surface area (Å²) in [6.45, 7) is 4.11. The van der Waals surface area contributed by atoms with Gasteiger partial charge >= 0.3 is 0 Å². The Labute approximate surface area is 200 Å². The second-order valence-corrected chi connectivity index (χ2v) is 10.1. The number of nitrogens with one attached hydrogen (secondary N) is 1. The molecule has 1 N–H and O–H groups in total.